The second-order valence-corrected chi connectivity index (χ2v) is 6.64. The lowest BCUT2D eigenvalue weighted by molar-refractivity contribution is 0.138. The van der Waals surface area contributed by atoms with Crippen molar-refractivity contribution in [1.82, 2.24) is 14.5 Å². The van der Waals surface area contributed by atoms with E-state index >= 15 is 0 Å². The molecule has 130 valence electrons. The summed E-state index contributed by atoms with van der Waals surface area (Å²) in [6.07, 6.45) is 4.74. The van der Waals surface area contributed by atoms with Crippen LogP contribution in [0.3, 0.4) is 0 Å². The van der Waals surface area contributed by atoms with Crippen LogP contribution in [0.1, 0.15) is 12.1 Å². The lowest BCUT2D eigenvalue weighted by Crippen LogP contribution is -2.32. The zero-order valence-electron chi connectivity index (χ0n) is 14.5. The van der Waals surface area contributed by atoms with E-state index in [-0.39, 0.29) is 6.61 Å². The Bertz CT molecular complexity index is 913. The van der Waals surface area contributed by atoms with Crippen LogP contribution in [0.25, 0.3) is 22.2 Å². The number of fused-ring (bicyclic) bond motifs is 1. The SMILES string of the molecule is CNc1cc2c(-c3cccc(C4(CO)CCOC4)n3)cn(C)c2cn1. The lowest BCUT2D eigenvalue weighted by Gasteiger charge is -2.24. The number of nitrogens with zero attached hydrogens (tertiary/aromatic N) is 3. The van der Waals surface area contributed by atoms with Crippen LogP contribution >= 0.6 is 0 Å². The molecule has 4 heterocycles. The van der Waals surface area contributed by atoms with E-state index in [0.29, 0.717) is 13.2 Å². The summed E-state index contributed by atoms with van der Waals surface area (Å²) < 4.78 is 7.60. The number of aromatic nitrogens is 3. The van der Waals surface area contributed by atoms with E-state index in [1.807, 2.05) is 44.6 Å². The van der Waals surface area contributed by atoms with Crippen molar-refractivity contribution in [3.63, 3.8) is 0 Å². The normalized spacial score (nSPS) is 20.3. The first kappa shape index (κ1) is 16.1. The maximum atomic E-state index is 9.93. The van der Waals surface area contributed by atoms with E-state index in [4.69, 9.17) is 9.72 Å². The van der Waals surface area contributed by atoms with Crippen LogP contribution in [0, 0.1) is 0 Å². The lowest BCUT2D eigenvalue weighted by atomic mass is 9.84. The molecule has 3 aromatic rings. The largest absolute Gasteiger partial charge is 0.395 e. The van der Waals surface area contributed by atoms with E-state index in [1.54, 1.807) is 0 Å². The highest BCUT2D eigenvalue weighted by atomic mass is 16.5. The van der Waals surface area contributed by atoms with Gasteiger partial charge in [-0.25, -0.2) is 4.98 Å². The molecule has 4 rings (SSSR count). The Labute approximate surface area is 146 Å². The molecule has 3 aromatic heterocycles. The first-order valence-electron chi connectivity index (χ1n) is 8.46. The molecule has 0 saturated carbocycles. The standard InChI is InChI=1S/C19H22N4O2/c1-20-18-8-13-14(10-23(2)16(13)9-21-18)15-4-3-5-17(22-15)19(11-24)6-7-25-12-19/h3-5,8-10,24H,6-7,11-12H2,1-2H3,(H,20,21). The quantitative estimate of drug-likeness (QED) is 0.764. The van der Waals surface area contributed by atoms with Crippen molar-refractivity contribution in [3.05, 3.63) is 42.4 Å². The highest BCUT2D eigenvalue weighted by Gasteiger charge is 2.37. The minimum Gasteiger partial charge on any atom is -0.395 e. The number of rotatable bonds is 4. The van der Waals surface area contributed by atoms with Crippen molar-refractivity contribution in [2.75, 3.05) is 32.2 Å². The number of anilines is 1. The number of hydrogen-bond acceptors (Lipinski definition) is 5. The molecular formula is C19H22N4O2. The van der Waals surface area contributed by atoms with Crippen LogP contribution in [-0.4, -0.2) is 46.5 Å². The molecule has 0 aromatic carbocycles. The van der Waals surface area contributed by atoms with Gasteiger partial charge in [-0.15, -0.1) is 0 Å². The van der Waals surface area contributed by atoms with Crippen molar-refractivity contribution in [2.24, 2.45) is 7.05 Å². The van der Waals surface area contributed by atoms with Gasteiger partial charge in [0.15, 0.2) is 0 Å². The van der Waals surface area contributed by atoms with Gasteiger partial charge in [0.2, 0.25) is 0 Å². The van der Waals surface area contributed by atoms with Crippen molar-refractivity contribution in [3.8, 4) is 11.3 Å². The van der Waals surface area contributed by atoms with Crippen LogP contribution in [0.5, 0.6) is 0 Å². The average molecular weight is 338 g/mol. The van der Waals surface area contributed by atoms with Gasteiger partial charge in [-0.05, 0) is 24.6 Å². The van der Waals surface area contributed by atoms with Gasteiger partial charge in [-0.3, -0.25) is 4.98 Å². The fourth-order valence-electron chi connectivity index (χ4n) is 3.51. The Morgan fingerprint density at radius 1 is 1.40 bits per heavy atom. The molecule has 6 heteroatoms. The number of ether oxygens (including phenoxy) is 1. The number of nitrogens with one attached hydrogen (secondary N) is 1. The molecule has 0 aliphatic carbocycles. The maximum Gasteiger partial charge on any atom is 0.126 e. The predicted molar refractivity (Wildman–Crippen MR) is 97.7 cm³/mol. The molecule has 1 atom stereocenters. The van der Waals surface area contributed by atoms with E-state index in [9.17, 15) is 5.11 Å². The monoisotopic (exact) mass is 338 g/mol. The van der Waals surface area contributed by atoms with Gasteiger partial charge in [0, 0.05) is 37.8 Å². The summed E-state index contributed by atoms with van der Waals surface area (Å²) >= 11 is 0. The van der Waals surface area contributed by atoms with Crippen LogP contribution in [0.2, 0.25) is 0 Å². The summed E-state index contributed by atoms with van der Waals surface area (Å²) in [5, 5.41) is 14.1. The summed E-state index contributed by atoms with van der Waals surface area (Å²) in [7, 11) is 3.87. The van der Waals surface area contributed by atoms with E-state index in [0.717, 1.165) is 40.1 Å². The molecule has 25 heavy (non-hydrogen) atoms. The Kier molecular flexibility index (Phi) is 3.94. The summed E-state index contributed by atoms with van der Waals surface area (Å²) in [6, 6.07) is 8.05. The van der Waals surface area contributed by atoms with Gasteiger partial charge in [-0.1, -0.05) is 6.07 Å². The average Bonchev–Trinajstić information content (AvgIpc) is 3.27. The number of aliphatic hydroxyl groups excluding tert-OH is 1. The van der Waals surface area contributed by atoms with Gasteiger partial charge in [0.05, 0.1) is 41.7 Å². The van der Waals surface area contributed by atoms with Crippen LogP contribution < -0.4 is 5.32 Å². The minimum atomic E-state index is -0.391. The third-order valence-corrected chi connectivity index (χ3v) is 5.11. The first-order valence-corrected chi connectivity index (χ1v) is 8.46. The Morgan fingerprint density at radius 2 is 2.28 bits per heavy atom. The predicted octanol–water partition coefficient (Wildman–Crippen LogP) is 2.33. The van der Waals surface area contributed by atoms with Gasteiger partial charge in [-0.2, -0.15) is 0 Å². The van der Waals surface area contributed by atoms with Crippen molar-refractivity contribution < 1.29 is 9.84 Å². The third kappa shape index (κ3) is 2.58. The molecule has 1 unspecified atom stereocenters. The molecule has 1 aliphatic rings. The topological polar surface area (TPSA) is 72.2 Å². The zero-order valence-corrected chi connectivity index (χ0v) is 14.5. The summed E-state index contributed by atoms with van der Waals surface area (Å²) in [5.41, 5.74) is 3.52. The van der Waals surface area contributed by atoms with Crippen LogP contribution in [0.15, 0.2) is 36.7 Å². The van der Waals surface area contributed by atoms with E-state index < -0.39 is 5.41 Å². The Hall–Kier alpha value is -2.44. The van der Waals surface area contributed by atoms with E-state index in [1.165, 1.54) is 0 Å². The van der Waals surface area contributed by atoms with Crippen molar-refractivity contribution >= 4 is 16.7 Å². The third-order valence-electron chi connectivity index (χ3n) is 5.11. The second-order valence-electron chi connectivity index (χ2n) is 6.64. The number of hydrogen-bond donors (Lipinski definition) is 2. The van der Waals surface area contributed by atoms with Gasteiger partial charge in [0.25, 0.3) is 0 Å². The number of aliphatic hydroxyl groups is 1. The van der Waals surface area contributed by atoms with E-state index in [2.05, 4.69) is 21.1 Å². The minimum absolute atomic E-state index is 0.0484. The molecule has 0 bridgehead atoms. The smallest absolute Gasteiger partial charge is 0.126 e. The van der Waals surface area contributed by atoms with Crippen LogP contribution in [0.4, 0.5) is 5.82 Å². The van der Waals surface area contributed by atoms with Crippen LogP contribution in [-0.2, 0) is 17.2 Å². The Balaban J connectivity index is 1.85. The van der Waals surface area contributed by atoms with Gasteiger partial charge in [0.1, 0.15) is 5.82 Å². The molecule has 0 amide bonds. The first-order chi connectivity index (χ1) is 12.2. The summed E-state index contributed by atoms with van der Waals surface area (Å²) in [6.45, 7) is 1.23. The molecular weight excluding hydrogens is 316 g/mol. The molecule has 1 saturated heterocycles. The molecule has 0 radical (unpaired) electrons. The highest BCUT2D eigenvalue weighted by molar-refractivity contribution is 5.96. The van der Waals surface area contributed by atoms with Crippen molar-refractivity contribution in [1.29, 1.82) is 0 Å². The van der Waals surface area contributed by atoms with Gasteiger partial charge < -0.3 is 19.7 Å². The molecule has 1 aliphatic heterocycles. The molecule has 2 N–H and O–H groups in total. The fraction of sp³-hybridized carbons (Fsp3) is 0.368. The molecule has 0 spiro atoms. The van der Waals surface area contributed by atoms with Gasteiger partial charge >= 0.3 is 0 Å². The number of aryl methyl sites for hydroxylation is 1. The summed E-state index contributed by atoms with van der Waals surface area (Å²) in [4.78, 5) is 9.29. The highest BCUT2D eigenvalue weighted by Crippen LogP contribution is 2.35. The zero-order chi connectivity index (χ0) is 17.4. The van der Waals surface area contributed by atoms with Crippen molar-refractivity contribution in [2.45, 2.75) is 11.8 Å². The molecule has 1 fully saturated rings. The Morgan fingerprint density at radius 3 is 3.00 bits per heavy atom. The maximum absolute atomic E-state index is 9.93. The second kappa shape index (κ2) is 6.13. The number of pyridine rings is 2. The summed E-state index contributed by atoms with van der Waals surface area (Å²) in [5.74, 6) is 0.826. The fourth-order valence-corrected chi connectivity index (χ4v) is 3.51. The molecule has 6 nitrogen and oxygen atoms in total.